The minimum absolute atomic E-state index is 0.260. The van der Waals surface area contributed by atoms with E-state index >= 15 is 0 Å². The molecule has 0 spiro atoms. The van der Waals surface area contributed by atoms with Gasteiger partial charge in [0.1, 0.15) is 0 Å². The molecule has 4 atom stereocenters. The molecule has 1 aromatic carbocycles. The lowest BCUT2D eigenvalue weighted by Crippen LogP contribution is -2.19. The second kappa shape index (κ2) is 4.81. The Labute approximate surface area is 97.2 Å². The van der Waals surface area contributed by atoms with E-state index in [4.69, 9.17) is 0 Å². The highest BCUT2D eigenvalue weighted by molar-refractivity contribution is 5.20. The van der Waals surface area contributed by atoms with Crippen molar-refractivity contribution in [3.63, 3.8) is 0 Å². The van der Waals surface area contributed by atoms with E-state index in [2.05, 4.69) is 42.7 Å². The van der Waals surface area contributed by atoms with E-state index in [1.165, 1.54) is 5.56 Å². The van der Waals surface area contributed by atoms with Gasteiger partial charge >= 0.3 is 0 Å². The summed E-state index contributed by atoms with van der Waals surface area (Å²) in [6.07, 6.45) is 2.21. The summed E-state index contributed by atoms with van der Waals surface area (Å²) in [5, 5.41) is 9.84. The van der Waals surface area contributed by atoms with Gasteiger partial charge in [0.25, 0.3) is 0 Å². The summed E-state index contributed by atoms with van der Waals surface area (Å²) in [5.41, 5.74) is 1.32. The van der Waals surface area contributed by atoms with E-state index in [1.807, 2.05) is 6.07 Å². The molecule has 1 unspecified atom stereocenters. The predicted octanol–water partition coefficient (Wildman–Crippen LogP) is 2.37. The molecule has 1 heterocycles. The minimum atomic E-state index is -0.260. The average Bonchev–Trinajstić information content (AvgIpc) is 3.09. The molecule has 2 nitrogen and oxygen atoms in total. The van der Waals surface area contributed by atoms with Gasteiger partial charge in [-0.15, -0.1) is 6.58 Å². The zero-order chi connectivity index (χ0) is 11.5. The molecule has 0 bridgehead atoms. The first-order valence-corrected chi connectivity index (χ1v) is 5.83. The topological polar surface area (TPSA) is 23.2 Å². The quantitative estimate of drug-likeness (QED) is 0.604. The van der Waals surface area contributed by atoms with Crippen LogP contribution in [0.15, 0.2) is 43.0 Å². The number of rotatable bonds is 5. The van der Waals surface area contributed by atoms with Gasteiger partial charge in [-0.2, -0.15) is 0 Å². The second-order valence-electron chi connectivity index (χ2n) is 4.44. The predicted molar refractivity (Wildman–Crippen MR) is 66.2 cm³/mol. The zero-order valence-corrected chi connectivity index (χ0v) is 9.71. The molecule has 0 saturated carbocycles. The molecule has 2 rings (SSSR count). The summed E-state index contributed by atoms with van der Waals surface area (Å²) in [4.78, 5) is 2.32. The second-order valence-corrected chi connectivity index (χ2v) is 4.44. The fourth-order valence-corrected chi connectivity index (χ4v) is 2.21. The number of aliphatic hydroxyl groups is 1. The van der Waals surface area contributed by atoms with Gasteiger partial charge in [-0.05, 0) is 18.9 Å². The van der Waals surface area contributed by atoms with E-state index in [9.17, 15) is 5.11 Å². The largest absolute Gasteiger partial charge is 0.391 e. The van der Waals surface area contributed by atoms with Gasteiger partial charge in [0.2, 0.25) is 0 Å². The van der Waals surface area contributed by atoms with Gasteiger partial charge in [-0.3, -0.25) is 4.90 Å². The van der Waals surface area contributed by atoms with Crippen molar-refractivity contribution in [2.24, 2.45) is 0 Å². The van der Waals surface area contributed by atoms with Gasteiger partial charge in [0, 0.05) is 18.6 Å². The van der Waals surface area contributed by atoms with Crippen LogP contribution in [0.3, 0.4) is 0 Å². The molecule has 1 fully saturated rings. The molecule has 0 radical (unpaired) electrons. The standard InChI is InChI=1S/C14H19NO/c1-3-7-14(16)13-10-15(13)11(2)12-8-5-4-6-9-12/h3-6,8-9,11,13-14,16H,1,7,10H2,2H3/t11-,13+,14-,15?/m1/s1. The molecule has 1 saturated heterocycles. The van der Waals surface area contributed by atoms with E-state index in [0.717, 1.165) is 6.54 Å². The lowest BCUT2D eigenvalue weighted by Gasteiger charge is -2.16. The van der Waals surface area contributed by atoms with Crippen LogP contribution in [0.5, 0.6) is 0 Å². The molecule has 0 aromatic heterocycles. The summed E-state index contributed by atoms with van der Waals surface area (Å²) >= 11 is 0. The highest BCUT2D eigenvalue weighted by Crippen LogP contribution is 2.34. The Morgan fingerprint density at radius 2 is 2.19 bits per heavy atom. The summed E-state index contributed by atoms with van der Waals surface area (Å²) in [6, 6.07) is 11.1. The number of nitrogens with zero attached hydrogens (tertiary/aromatic N) is 1. The van der Waals surface area contributed by atoms with Crippen molar-refractivity contribution < 1.29 is 5.11 Å². The zero-order valence-electron chi connectivity index (χ0n) is 9.71. The van der Waals surface area contributed by atoms with Crippen molar-refractivity contribution in [1.29, 1.82) is 0 Å². The maximum absolute atomic E-state index is 9.84. The molecule has 0 amide bonds. The lowest BCUT2D eigenvalue weighted by atomic mass is 10.1. The van der Waals surface area contributed by atoms with Crippen molar-refractivity contribution in [2.75, 3.05) is 6.54 Å². The highest BCUT2D eigenvalue weighted by atomic mass is 16.3. The summed E-state index contributed by atoms with van der Waals surface area (Å²) < 4.78 is 0. The maximum atomic E-state index is 9.84. The van der Waals surface area contributed by atoms with E-state index < -0.39 is 0 Å². The van der Waals surface area contributed by atoms with E-state index in [1.54, 1.807) is 6.08 Å². The van der Waals surface area contributed by atoms with Gasteiger partial charge in [-0.1, -0.05) is 36.4 Å². The minimum Gasteiger partial charge on any atom is -0.391 e. The third-order valence-electron chi connectivity index (χ3n) is 3.32. The highest BCUT2D eigenvalue weighted by Gasteiger charge is 2.42. The Bertz CT molecular complexity index is 349. The van der Waals surface area contributed by atoms with E-state index in [-0.39, 0.29) is 6.10 Å². The summed E-state index contributed by atoms with van der Waals surface area (Å²) in [7, 11) is 0. The number of benzene rings is 1. The molecule has 2 heteroatoms. The first-order chi connectivity index (χ1) is 7.74. The maximum Gasteiger partial charge on any atom is 0.0742 e. The molecule has 0 aliphatic carbocycles. The van der Waals surface area contributed by atoms with Gasteiger partial charge in [0.05, 0.1) is 6.10 Å². The van der Waals surface area contributed by atoms with Gasteiger partial charge in [0.15, 0.2) is 0 Å². The van der Waals surface area contributed by atoms with Crippen molar-refractivity contribution in [2.45, 2.75) is 31.5 Å². The average molecular weight is 217 g/mol. The molecular formula is C14H19NO. The van der Waals surface area contributed by atoms with Crippen LogP contribution in [-0.4, -0.2) is 28.7 Å². The molecule has 1 aromatic rings. The van der Waals surface area contributed by atoms with Gasteiger partial charge < -0.3 is 5.11 Å². The van der Waals surface area contributed by atoms with Crippen LogP contribution in [0, 0.1) is 0 Å². The molecule has 1 N–H and O–H groups in total. The van der Waals surface area contributed by atoms with Gasteiger partial charge in [-0.25, -0.2) is 0 Å². The van der Waals surface area contributed by atoms with Crippen LogP contribution >= 0.6 is 0 Å². The monoisotopic (exact) mass is 217 g/mol. The Morgan fingerprint density at radius 1 is 1.50 bits per heavy atom. The lowest BCUT2D eigenvalue weighted by molar-refractivity contribution is 0.152. The van der Waals surface area contributed by atoms with Crippen LogP contribution in [0.25, 0.3) is 0 Å². The summed E-state index contributed by atoms with van der Waals surface area (Å²) in [6.45, 7) is 6.84. The first kappa shape index (κ1) is 11.4. The van der Waals surface area contributed by atoms with Crippen LogP contribution in [-0.2, 0) is 0 Å². The smallest absolute Gasteiger partial charge is 0.0742 e. The Balaban J connectivity index is 1.94. The normalized spacial score (nSPS) is 27.1. The van der Waals surface area contributed by atoms with E-state index in [0.29, 0.717) is 18.5 Å². The van der Waals surface area contributed by atoms with Crippen molar-refractivity contribution in [1.82, 2.24) is 4.90 Å². The first-order valence-electron chi connectivity index (χ1n) is 5.83. The Hall–Kier alpha value is -1.12. The number of hydrogen-bond donors (Lipinski definition) is 1. The SMILES string of the molecule is C=CC[C@@H](O)[C@@H]1CN1[C@H](C)c1ccccc1. The Morgan fingerprint density at radius 3 is 2.81 bits per heavy atom. The fraction of sp³-hybridized carbons (Fsp3) is 0.429. The number of aliphatic hydroxyl groups excluding tert-OH is 1. The fourth-order valence-electron chi connectivity index (χ4n) is 2.21. The van der Waals surface area contributed by atoms with Crippen molar-refractivity contribution >= 4 is 0 Å². The van der Waals surface area contributed by atoms with Crippen LogP contribution in [0.4, 0.5) is 0 Å². The van der Waals surface area contributed by atoms with Crippen LogP contribution in [0.2, 0.25) is 0 Å². The summed E-state index contributed by atoms with van der Waals surface area (Å²) in [5.74, 6) is 0. The number of hydrogen-bond acceptors (Lipinski definition) is 2. The molecule has 16 heavy (non-hydrogen) atoms. The van der Waals surface area contributed by atoms with Crippen molar-refractivity contribution in [3.05, 3.63) is 48.6 Å². The molecule has 86 valence electrons. The Kier molecular flexibility index (Phi) is 3.42. The van der Waals surface area contributed by atoms with Crippen molar-refractivity contribution in [3.8, 4) is 0 Å². The third-order valence-corrected chi connectivity index (χ3v) is 3.32. The van der Waals surface area contributed by atoms with Crippen LogP contribution < -0.4 is 0 Å². The molecule has 1 aliphatic heterocycles. The molecular weight excluding hydrogens is 198 g/mol. The molecule has 1 aliphatic rings. The van der Waals surface area contributed by atoms with Crippen LogP contribution in [0.1, 0.15) is 24.9 Å². The third kappa shape index (κ3) is 2.34.